The molecule has 1 fully saturated rings. The molecule has 7 nitrogen and oxygen atoms in total. The smallest absolute Gasteiger partial charge is 0.254 e. The van der Waals surface area contributed by atoms with Crippen molar-refractivity contribution in [2.75, 3.05) is 33.9 Å². The van der Waals surface area contributed by atoms with E-state index in [1.807, 2.05) is 29.2 Å². The molecule has 0 saturated carbocycles. The number of ether oxygens (including phenoxy) is 2. The highest BCUT2D eigenvalue weighted by Crippen LogP contribution is 2.25. The van der Waals surface area contributed by atoms with Crippen LogP contribution in [0.1, 0.15) is 23.8 Å². The van der Waals surface area contributed by atoms with Gasteiger partial charge in [-0.05, 0) is 22.9 Å². The minimum absolute atomic E-state index is 0.0245. The number of carbonyl (C=O) groups excluding carboxylic acids is 1. The Morgan fingerprint density at radius 2 is 2.12 bits per heavy atom. The summed E-state index contributed by atoms with van der Waals surface area (Å²) in [5, 5.41) is 7.12. The highest BCUT2D eigenvalue weighted by atomic mass is 16.5. The zero-order valence-electron chi connectivity index (χ0n) is 14.5. The number of aryl methyl sites for hydroxylation is 1. The molecule has 1 aromatic heterocycles. The Bertz CT molecular complexity index is 699. The second kappa shape index (κ2) is 8.02. The van der Waals surface area contributed by atoms with E-state index in [1.54, 1.807) is 13.2 Å². The molecule has 0 spiro atoms. The molecule has 1 saturated heterocycles. The summed E-state index contributed by atoms with van der Waals surface area (Å²) in [6.45, 7) is 2.23. The van der Waals surface area contributed by atoms with Crippen LogP contribution in [0.4, 0.5) is 0 Å². The third kappa shape index (κ3) is 4.11. The summed E-state index contributed by atoms with van der Waals surface area (Å²) in [5.74, 6) is 2.00. The molecule has 25 heavy (non-hydrogen) atoms. The van der Waals surface area contributed by atoms with Gasteiger partial charge in [0.1, 0.15) is 11.5 Å². The lowest BCUT2D eigenvalue weighted by molar-refractivity contribution is -0.134. The number of piperazine rings is 1. The molecular formula is C18H23N3O4. The maximum Gasteiger partial charge on any atom is 0.254 e. The quantitative estimate of drug-likeness (QED) is 0.860. The number of methoxy groups -OCH3 is 2. The van der Waals surface area contributed by atoms with E-state index in [9.17, 15) is 4.79 Å². The molecule has 0 radical (unpaired) electrons. The van der Waals surface area contributed by atoms with Gasteiger partial charge in [0, 0.05) is 38.5 Å². The Balaban J connectivity index is 1.65. The summed E-state index contributed by atoms with van der Waals surface area (Å²) in [6, 6.07) is 9.61. The second-order valence-corrected chi connectivity index (χ2v) is 5.92. The first kappa shape index (κ1) is 17.3. The van der Waals surface area contributed by atoms with Crippen molar-refractivity contribution in [1.29, 1.82) is 0 Å². The minimum atomic E-state index is 0.0245. The summed E-state index contributed by atoms with van der Waals surface area (Å²) in [6.07, 6.45) is 0.888. The van der Waals surface area contributed by atoms with E-state index in [2.05, 4.69) is 10.5 Å². The summed E-state index contributed by atoms with van der Waals surface area (Å²) in [7, 11) is 3.18. The van der Waals surface area contributed by atoms with Crippen LogP contribution in [-0.4, -0.2) is 49.8 Å². The standard InChI is InChI=1S/C18H23N3O4/c1-23-14-5-3-13(4-6-14)16-12-19-9-10-21(16)18(22)8-7-15-11-17(24-2)20-25-15/h3-6,11,16,19H,7-10,12H2,1-2H3/t16-/m1/s1. The molecule has 1 aliphatic rings. The van der Waals surface area contributed by atoms with E-state index >= 15 is 0 Å². The van der Waals surface area contributed by atoms with Crippen molar-refractivity contribution in [3.8, 4) is 11.6 Å². The van der Waals surface area contributed by atoms with Gasteiger partial charge in [0.05, 0.1) is 20.3 Å². The van der Waals surface area contributed by atoms with Crippen LogP contribution in [0.25, 0.3) is 0 Å². The van der Waals surface area contributed by atoms with Crippen molar-refractivity contribution in [3.05, 3.63) is 41.7 Å². The van der Waals surface area contributed by atoms with Gasteiger partial charge in [-0.25, -0.2) is 0 Å². The number of amides is 1. The molecule has 7 heteroatoms. The van der Waals surface area contributed by atoms with Crippen LogP contribution >= 0.6 is 0 Å². The number of hydrogen-bond donors (Lipinski definition) is 1. The van der Waals surface area contributed by atoms with Crippen molar-refractivity contribution in [2.24, 2.45) is 0 Å². The number of rotatable bonds is 6. The van der Waals surface area contributed by atoms with Crippen molar-refractivity contribution in [2.45, 2.75) is 18.9 Å². The first-order chi connectivity index (χ1) is 12.2. The first-order valence-electron chi connectivity index (χ1n) is 8.35. The molecule has 0 bridgehead atoms. The summed E-state index contributed by atoms with van der Waals surface area (Å²) in [5.41, 5.74) is 1.10. The predicted octanol–water partition coefficient (Wildman–Crippen LogP) is 1.80. The van der Waals surface area contributed by atoms with Crippen molar-refractivity contribution >= 4 is 5.91 Å². The summed E-state index contributed by atoms with van der Waals surface area (Å²) >= 11 is 0. The fourth-order valence-electron chi connectivity index (χ4n) is 3.01. The molecule has 3 rings (SSSR count). The van der Waals surface area contributed by atoms with Gasteiger partial charge in [-0.1, -0.05) is 12.1 Å². The van der Waals surface area contributed by atoms with E-state index < -0.39 is 0 Å². The van der Waals surface area contributed by atoms with Gasteiger partial charge in [0.2, 0.25) is 5.91 Å². The lowest BCUT2D eigenvalue weighted by Crippen LogP contribution is -2.48. The maximum absolute atomic E-state index is 12.7. The fourth-order valence-corrected chi connectivity index (χ4v) is 3.01. The van der Waals surface area contributed by atoms with Gasteiger partial charge >= 0.3 is 0 Å². The van der Waals surface area contributed by atoms with Gasteiger partial charge in [0.25, 0.3) is 5.88 Å². The molecular weight excluding hydrogens is 322 g/mol. The minimum Gasteiger partial charge on any atom is -0.497 e. The maximum atomic E-state index is 12.7. The van der Waals surface area contributed by atoms with Crippen molar-refractivity contribution in [3.63, 3.8) is 0 Å². The molecule has 1 N–H and O–H groups in total. The van der Waals surface area contributed by atoms with Crippen LogP contribution in [0.5, 0.6) is 11.6 Å². The second-order valence-electron chi connectivity index (χ2n) is 5.92. The topological polar surface area (TPSA) is 76.8 Å². The number of aromatic nitrogens is 1. The van der Waals surface area contributed by atoms with Gasteiger partial charge in [0.15, 0.2) is 0 Å². The highest BCUT2D eigenvalue weighted by Gasteiger charge is 2.27. The highest BCUT2D eigenvalue weighted by molar-refractivity contribution is 5.77. The molecule has 1 aliphatic heterocycles. The monoisotopic (exact) mass is 345 g/mol. The van der Waals surface area contributed by atoms with E-state index in [0.29, 0.717) is 31.0 Å². The van der Waals surface area contributed by atoms with Crippen LogP contribution < -0.4 is 14.8 Å². The van der Waals surface area contributed by atoms with Gasteiger partial charge in [-0.3, -0.25) is 4.79 Å². The van der Waals surface area contributed by atoms with Crippen LogP contribution in [-0.2, 0) is 11.2 Å². The molecule has 0 unspecified atom stereocenters. The Labute approximate surface area is 146 Å². The van der Waals surface area contributed by atoms with Crippen LogP contribution in [0.3, 0.4) is 0 Å². The lowest BCUT2D eigenvalue weighted by Gasteiger charge is -2.36. The molecule has 1 aromatic carbocycles. The lowest BCUT2D eigenvalue weighted by atomic mass is 10.0. The third-order valence-electron chi connectivity index (χ3n) is 4.40. The van der Waals surface area contributed by atoms with E-state index in [-0.39, 0.29) is 11.9 Å². The molecule has 2 aromatic rings. The summed E-state index contributed by atoms with van der Waals surface area (Å²) < 4.78 is 15.4. The van der Waals surface area contributed by atoms with E-state index in [1.165, 1.54) is 7.11 Å². The van der Waals surface area contributed by atoms with Crippen LogP contribution in [0, 0.1) is 0 Å². The Morgan fingerprint density at radius 3 is 2.80 bits per heavy atom. The largest absolute Gasteiger partial charge is 0.497 e. The number of carbonyl (C=O) groups is 1. The first-order valence-corrected chi connectivity index (χ1v) is 8.35. The number of benzene rings is 1. The van der Waals surface area contributed by atoms with Crippen LogP contribution in [0.15, 0.2) is 34.9 Å². The van der Waals surface area contributed by atoms with Gasteiger partial charge in [-0.2, -0.15) is 0 Å². The molecule has 1 atom stereocenters. The average molecular weight is 345 g/mol. The number of hydrogen-bond acceptors (Lipinski definition) is 6. The third-order valence-corrected chi connectivity index (χ3v) is 4.40. The number of nitrogens with one attached hydrogen (secondary N) is 1. The predicted molar refractivity (Wildman–Crippen MR) is 91.7 cm³/mol. The van der Waals surface area contributed by atoms with Gasteiger partial charge in [-0.15, -0.1) is 0 Å². The van der Waals surface area contributed by atoms with Gasteiger partial charge < -0.3 is 24.2 Å². The SMILES string of the molecule is COc1ccc([C@H]2CNCCN2C(=O)CCc2cc(OC)no2)cc1. The molecule has 1 amide bonds. The average Bonchev–Trinajstić information content (AvgIpc) is 3.14. The number of nitrogens with zero attached hydrogens (tertiary/aromatic N) is 2. The Kier molecular flexibility index (Phi) is 5.55. The van der Waals surface area contributed by atoms with Crippen molar-refractivity contribution in [1.82, 2.24) is 15.4 Å². The summed E-state index contributed by atoms with van der Waals surface area (Å²) in [4.78, 5) is 14.7. The fraction of sp³-hybridized carbons (Fsp3) is 0.444. The van der Waals surface area contributed by atoms with Crippen molar-refractivity contribution < 1.29 is 18.8 Å². The molecule has 0 aliphatic carbocycles. The Morgan fingerprint density at radius 1 is 1.32 bits per heavy atom. The Hall–Kier alpha value is -2.54. The van der Waals surface area contributed by atoms with Crippen LogP contribution in [0.2, 0.25) is 0 Å². The zero-order valence-corrected chi connectivity index (χ0v) is 14.5. The molecule has 2 heterocycles. The normalized spacial score (nSPS) is 17.4. The molecule has 134 valence electrons. The van der Waals surface area contributed by atoms with E-state index in [0.717, 1.165) is 24.4 Å². The van der Waals surface area contributed by atoms with E-state index in [4.69, 9.17) is 14.0 Å². The zero-order chi connectivity index (χ0) is 17.6.